The predicted molar refractivity (Wildman–Crippen MR) is 84.7 cm³/mol. The zero-order valence-electron chi connectivity index (χ0n) is 13.5. The van der Waals surface area contributed by atoms with Crippen LogP contribution in [0.15, 0.2) is 12.1 Å². The molecule has 1 N–H and O–H groups in total. The average Bonchev–Trinajstić information content (AvgIpc) is 2.42. The van der Waals surface area contributed by atoms with Crippen LogP contribution in [-0.4, -0.2) is 43.7 Å². The van der Waals surface area contributed by atoms with Gasteiger partial charge in [0.1, 0.15) is 5.75 Å². The first-order chi connectivity index (χ1) is 9.44. The molecule has 0 aromatic heterocycles. The predicted octanol–water partition coefficient (Wildman–Crippen LogP) is 2.54. The van der Waals surface area contributed by atoms with Crippen LogP contribution < -0.4 is 10.1 Å². The van der Waals surface area contributed by atoms with E-state index < -0.39 is 0 Å². The molecule has 1 aromatic rings. The molecule has 1 fully saturated rings. The number of rotatable bonds is 4. The highest BCUT2D eigenvalue weighted by Gasteiger charge is 2.29. The molecule has 112 valence electrons. The highest BCUT2D eigenvalue weighted by Crippen LogP contribution is 2.30. The lowest BCUT2D eigenvalue weighted by Gasteiger charge is -2.41. The van der Waals surface area contributed by atoms with E-state index in [0.29, 0.717) is 0 Å². The number of piperazine rings is 1. The summed E-state index contributed by atoms with van der Waals surface area (Å²) in [7, 11) is 1.77. The number of hydrogen-bond acceptors (Lipinski definition) is 3. The maximum atomic E-state index is 5.61. The van der Waals surface area contributed by atoms with Crippen molar-refractivity contribution in [3.63, 3.8) is 0 Å². The van der Waals surface area contributed by atoms with Gasteiger partial charge in [0, 0.05) is 31.7 Å². The molecule has 0 amide bonds. The largest absolute Gasteiger partial charge is 0.496 e. The van der Waals surface area contributed by atoms with Crippen molar-refractivity contribution >= 4 is 0 Å². The third-order valence-electron chi connectivity index (χ3n) is 4.38. The fraction of sp³-hybridized carbons (Fsp3) is 0.647. The molecule has 1 saturated heterocycles. The van der Waals surface area contributed by atoms with Crippen molar-refractivity contribution in [2.45, 2.75) is 39.7 Å². The Labute approximate surface area is 123 Å². The summed E-state index contributed by atoms with van der Waals surface area (Å²) in [6.07, 6.45) is 1.03. The summed E-state index contributed by atoms with van der Waals surface area (Å²) in [6, 6.07) is 4.40. The Morgan fingerprint density at radius 2 is 1.85 bits per heavy atom. The molecule has 0 radical (unpaired) electrons. The van der Waals surface area contributed by atoms with Gasteiger partial charge in [0.05, 0.1) is 7.11 Å². The Morgan fingerprint density at radius 3 is 2.45 bits per heavy atom. The van der Waals surface area contributed by atoms with E-state index in [0.717, 1.165) is 38.3 Å². The quantitative estimate of drug-likeness (QED) is 0.914. The highest BCUT2D eigenvalue weighted by atomic mass is 16.5. The molecule has 0 unspecified atom stereocenters. The van der Waals surface area contributed by atoms with E-state index in [1.807, 2.05) is 0 Å². The van der Waals surface area contributed by atoms with Crippen molar-refractivity contribution in [2.75, 3.05) is 33.3 Å². The fourth-order valence-corrected chi connectivity index (χ4v) is 3.18. The van der Waals surface area contributed by atoms with Gasteiger partial charge in [-0.3, -0.25) is 4.90 Å². The molecule has 1 aromatic carbocycles. The van der Waals surface area contributed by atoms with Gasteiger partial charge in [-0.1, -0.05) is 6.07 Å². The molecule has 20 heavy (non-hydrogen) atoms. The first kappa shape index (κ1) is 15.3. The third-order valence-corrected chi connectivity index (χ3v) is 4.38. The number of methoxy groups -OCH3 is 1. The van der Waals surface area contributed by atoms with Crippen LogP contribution >= 0.6 is 0 Å². The molecule has 0 aliphatic carbocycles. The number of nitrogens with zero attached hydrogens (tertiary/aromatic N) is 1. The second-order valence-electron chi connectivity index (χ2n) is 6.49. The summed E-state index contributed by atoms with van der Waals surface area (Å²) in [6.45, 7) is 13.4. The molecule has 3 nitrogen and oxygen atoms in total. The molecule has 2 rings (SSSR count). The standard InChI is InChI=1S/C17H28N2O/c1-13-10-14(2)15(16(11-13)20-5)12-17(3,4)19-8-6-18-7-9-19/h10-11,18H,6-9,12H2,1-5H3. The van der Waals surface area contributed by atoms with Crippen LogP contribution in [0.4, 0.5) is 0 Å². The van der Waals surface area contributed by atoms with Crippen LogP contribution in [0, 0.1) is 13.8 Å². The lowest BCUT2D eigenvalue weighted by Crippen LogP contribution is -2.54. The zero-order valence-corrected chi connectivity index (χ0v) is 13.5. The summed E-state index contributed by atoms with van der Waals surface area (Å²) in [4.78, 5) is 2.59. The van der Waals surface area contributed by atoms with Crippen molar-refractivity contribution in [2.24, 2.45) is 0 Å². The smallest absolute Gasteiger partial charge is 0.122 e. The summed E-state index contributed by atoms with van der Waals surface area (Å²) >= 11 is 0. The zero-order chi connectivity index (χ0) is 14.8. The second-order valence-corrected chi connectivity index (χ2v) is 6.49. The monoisotopic (exact) mass is 276 g/mol. The summed E-state index contributed by atoms with van der Waals surface area (Å²) in [5.41, 5.74) is 4.12. The van der Waals surface area contributed by atoms with Gasteiger partial charge in [-0.15, -0.1) is 0 Å². The van der Waals surface area contributed by atoms with Crippen molar-refractivity contribution in [1.82, 2.24) is 10.2 Å². The van der Waals surface area contributed by atoms with Gasteiger partial charge in [-0.05, 0) is 56.9 Å². The van der Waals surface area contributed by atoms with Crippen molar-refractivity contribution in [3.05, 3.63) is 28.8 Å². The Kier molecular flexibility index (Phi) is 4.71. The van der Waals surface area contributed by atoms with Crippen molar-refractivity contribution < 1.29 is 4.74 Å². The fourth-order valence-electron chi connectivity index (χ4n) is 3.18. The number of hydrogen-bond donors (Lipinski definition) is 1. The topological polar surface area (TPSA) is 24.5 Å². The minimum absolute atomic E-state index is 0.162. The molecular weight excluding hydrogens is 248 g/mol. The first-order valence-corrected chi connectivity index (χ1v) is 7.54. The maximum Gasteiger partial charge on any atom is 0.122 e. The molecule has 1 heterocycles. The highest BCUT2D eigenvalue weighted by molar-refractivity contribution is 5.44. The molecule has 0 bridgehead atoms. The van der Waals surface area contributed by atoms with Gasteiger partial charge in [-0.25, -0.2) is 0 Å². The molecule has 1 aliphatic heterocycles. The number of nitrogens with one attached hydrogen (secondary N) is 1. The van der Waals surface area contributed by atoms with E-state index in [-0.39, 0.29) is 5.54 Å². The third kappa shape index (κ3) is 3.33. The molecule has 1 aliphatic rings. The lowest BCUT2D eigenvalue weighted by molar-refractivity contribution is 0.103. The SMILES string of the molecule is COc1cc(C)cc(C)c1CC(C)(C)N1CCNCC1. The Bertz CT molecular complexity index is 462. The minimum atomic E-state index is 0.162. The van der Waals surface area contributed by atoms with Gasteiger partial charge in [0.25, 0.3) is 0 Å². The molecular formula is C17H28N2O. The molecule has 0 saturated carbocycles. The Balaban J connectivity index is 2.23. The molecule has 0 spiro atoms. The van der Waals surface area contributed by atoms with Gasteiger partial charge < -0.3 is 10.1 Å². The van der Waals surface area contributed by atoms with Crippen LogP contribution in [0.5, 0.6) is 5.75 Å². The van der Waals surface area contributed by atoms with Gasteiger partial charge in [-0.2, -0.15) is 0 Å². The summed E-state index contributed by atoms with van der Waals surface area (Å²) < 4.78 is 5.61. The van der Waals surface area contributed by atoms with Crippen LogP contribution in [0.1, 0.15) is 30.5 Å². The molecule has 0 atom stereocenters. The van der Waals surface area contributed by atoms with Crippen LogP contribution in [0.2, 0.25) is 0 Å². The lowest BCUT2D eigenvalue weighted by atomic mass is 9.89. The van der Waals surface area contributed by atoms with Crippen molar-refractivity contribution in [1.29, 1.82) is 0 Å². The van der Waals surface area contributed by atoms with E-state index >= 15 is 0 Å². The van der Waals surface area contributed by atoms with Crippen LogP contribution in [0.25, 0.3) is 0 Å². The van der Waals surface area contributed by atoms with E-state index in [2.05, 4.69) is 50.0 Å². The Hall–Kier alpha value is -1.06. The normalized spacial score (nSPS) is 17.2. The number of benzene rings is 1. The van der Waals surface area contributed by atoms with Crippen LogP contribution in [-0.2, 0) is 6.42 Å². The van der Waals surface area contributed by atoms with Crippen molar-refractivity contribution in [3.8, 4) is 5.75 Å². The van der Waals surface area contributed by atoms with Gasteiger partial charge >= 0.3 is 0 Å². The first-order valence-electron chi connectivity index (χ1n) is 7.54. The minimum Gasteiger partial charge on any atom is -0.496 e. The van der Waals surface area contributed by atoms with Gasteiger partial charge in [0.2, 0.25) is 0 Å². The summed E-state index contributed by atoms with van der Waals surface area (Å²) in [5, 5.41) is 3.43. The average molecular weight is 276 g/mol. The van der Waals surface area contributed by atoms with Crippen LogP contribution in [0.3, 0.4) is 0 Å². The number of ether oxygens (including phenoxy) is 1. The Morgan fingerprint density at radius 1 is 1.20 bits per heavy atom. The maximum absolute atomic E-state index is 5.61. The van der Waals surface area contributed by atoms with E-state index in [9.17, 15) is 0 Å². The van der Waals surface area contributed by atoms with Gasteiger partial charge in [0.15, 0.2) is 0 Å². The second kappa shape index (κ2) is 6.15. The number of aryl methyl sites for hydroxylation is 2. The van der Waals surface area contributed by atoms with E-state index in [4.69, 9.17) is 4.74 Å². The van der Waals surface area contributed by atoms with E-state index in [1.165, 1.54) is 16.7 Å². The summed E-state index contributed by atoms with van der Waals surface area (Å²) in [5.74, 6) is 1.03. The molecule has 3 heteroatoms. The van der Waals surface area contributed by atoms with E-state index in [1.54, 1.807) is 7.11 Å².